The van der Waals surface area contributed by atoms with Crippen LogP contribution >= 0.6 is 24.0 Å². The third kappa shape index (κ3) is 7.53. The van der Waals surface area contributed by atoms with E-state index in [1.165, 1.54) is 0 Å². The summed E-state index contributed by atoms with van der Waals surface area (Å²) in [5.74, 6) is -1.67. The second-order valence-corrected chi connectivity index (χ2v) is 11.0. The SMILES string of the molecule is Cl.O=C(O)c1cnn(C2CCCN(c3cc(Cl)ccc3-c3ccc(N4CCN(CCC(F)F)CC4)cc3)C2)c1C(F)(F)F. The Hall–Kier alpha value is -3.09. The molecule has 1 atom stereocenters. The number of piperazine rings is 1. The largest absolute Gasteiger partial charge is 0.478 e. The van der Waals surface area contributed by atoms with Gasteiger partial charge in [0, 0.05) is 74.2 Å². The highest BCUT2D eigenvalue weighted by Crippen LogP contribution is 2.39. The molecule has 2 aliphatic heterocycles. The predicted octanol–water partition coefficient (Wildman–Crippen LogP) is 6.96. The molecule has 1 aromatic heterocycles. The fourth-order valence-electron chi connectivity index (χ4n) is 5.82. The van der Waals surface area contributed by atoms with Crippen molar-refractivity contribution in [3.05, 3.63) is 64.9 Å². The molecule has 3 aromatic rings. The molecule has 234 valence electrons. The second kappa shape index (κ2) is 13.7. The van der Waals surface area contributed by atoms with Crippen LogP contribution in [0.15, 0.2) is 48.7 Å². The maximum Gasteiger partial charge on any atom is 0.433 e. The quantitative estimate of drug-likeness (QED) is 0.267. The molecule has 0 bridgehead atoms. The Morgan fingerprint density at radius 3 is 2.35 bits per heavy atom. The highest BCUT2D eigenvalue weighted by Gasteiger charge is 2.42. The maximum atomic E-state index is 13.9. The van der Waals surface area contributed by atoms with Crippen LogP contribution in [0.25, 0.3) is 11.1 Å². The molecule has 0 aliphatic carbocycles. The minimum Gasteiger partial charge on any atom is -0.478 e. The summed E-state index contributed by atoms with van der Waals surface area (Å²) in [5.41, 5.74) is 1.45. The lowest BCUT2D eigenvalue weighted by Crippen LogP contribution is -2.46. The fraction of sp³-hybridized carbons (Fsp3) is 0.448. The van der Waals surface area contributed by atoms with Gasteiger partial charge in [-0.15, -0.1) is 12.4 Å². The van der Waals surface area contributed by atoms with Crippen LogP contribution in [0, 0.1) is 0 Å². The van der Waals surface area contributed by atoms with Crippen molar-refractivity contribution in [3.63, 3.8) is 0 Å². The van der Waals surface area contributed by atoms with Crippen molar-refractivity contribution < 1.29 is 31.9 Å². The molecule has 43 heavy (non-hydrogen) atoms. The number of carboxylic acid groups (broad SMARTS) is 1. The van der Waals surface area contributed by atoms with E-state index in [-0.39, 0.29) is 25.4 Å². The van der Waals surface area contributed by atoms with Crippen LogP contribution in [0.2, 0.25) is 5.02 Å². The van der Waals surface area contributed by atoms with Crippen LogP contribution in [0.1, 0.15) is 41.4 Å². The van der Waals surface area contributed by atoms with Crippen molar-refractivity contribution in [2.24, 2.45) is 0 Å². The third-order valence-electron chi connectivity index (χ3n) is 7.92. The predicted molar refractivity (Wildman–Crippen MR) is 158 cm³/mol. The van der Waals surface area contributed by atoms with Crippen molar-refractivity contribution in [2.45, 2.75) is 37.9 Å². The first-order chi connectivity index (χ1) is 20.0. The third-order valence-corrected chi connectivity index (χ3v) is 8.15. The van der Waals surface area contributed by atoms with Gasteiger partial charge in [0.05, 0.1) is 12.2 Å². The van der Waals surface area contributed by atoms with Crippen molar-refractivity contribution in [3.8, 4) is 11.1 Å². The van der Waals surface area contributed by atoms with Crippen molar-refractivity contribution >= 4 is 41.4 Å². The van der Waals surface area contributed by atoms with E-state index >= 15 is 0 Å². The Labute approximate surface area is 257 Å². The number of carbonyl (C=O) groups is 1. The number of carboxylic acids is 1. The van der Waals surface area contributed by atoms with E-state index in [1.807, 2.05) is 40.1 Å². The van der Waals surface area contributed by atoms with Gasteiger partial charge in [-0.25, -0.2) is 13.6 Å². The summed E-state index contributed by atoms with van der Waals surface area (Å²) in [7, 11) is 0. The van der Waals surface area contributed by atoms with Crippen LogP contribution in [-0.2, 0) is 6.18 Å². The summed E-state index contributed by atoms with van der Waals surface area (Å²) in [6, 6.07) is 12.8. The van der Waals surface area contributed by atoms with Crippen molar-refractivity contribution in [1.82, 2.24) is 14.7 Å². The van der Waals surface area contributed by atoms with Gasteiger partial charge in [-0.2, -0.15) is 18.3 Å². The molecule has 7 nitrogen and oxygen atoms in total. The monoisotopic (exact) mass is 647 g/mol. The number of aromatic carboxylic acids is 1. The summed E-state index contributed by atoms with van der Waals surface area (Å²) in [4.78, 5) is 17.7. The van der Waals surface area contributed by atoms with E-state index in [1.54, 1.807) is 12.1 Å². The molecule has 2 saturated heterocycles. The van der Waals surface area contributed by atoms with Crippen LogP contribution < -0.4 is 9.80 Å². The van der Waals surface area contributed by atoms with E-state index < -0.39 is 35.9 Å². The molecule has 0 spiro atoms. The number of anilines is 2. The van der Waals surface area contributed by atoms with Crippen molar-refractivity contribution in [1.29, 1.82) is 0 Å². The van der Waals surface area contributed by atoms with Gasteiger partial charge < -0.3 is 14.9 Å². The van der Waals surface area contributed by atoms with Gasteiger partial charge in [0.1, 0.15) is 5.56 Å². The number of nitrogens with zero attached hydrogens (tertiary/aromatic N) is 5. The van der Waals surface area contributed by atoms with Crippen LogP contribution in [0.5, 0.6) is 0 Å². The Balaban J connectivity index is 0.00000423. The smallest absolute Gasteiger partial charge is 0.433 e. The number of benzene rings is 2. The molecular weight excluding hydrogens is 616 g/mol. The van der Waals surface area contributed by atoms with Gasteiger partial charge in [-0.1, -0.05) is 29.8 Å². The molecule has 2 fully saturated rings. The normalized spacial score (nSPS) is 18.2. The Bertz CT molecular complexity index is 1390. The molecule has 1 unspecified atom stereocenters. The van der Waals surface area contributed by atoms with Gasteiger partial charge in [-0.3, -0.25) is 9.58 Å². The lowest BCUT2D eigenvalue weighted by atomic mass is 9.99. The summed E-state index contributed by atoms with van der Waals surface area (Å²) < 4.78 is 67.5. The van der Waals surface area contributed by atoms with Gasteiger partial charge in [0.2, 0.25) is 6.43 Å². The molecule has 5 rings (SSSR count). The zero-order chi connectivity index (χ0) is 30.0. The number of aromatic nitrogens is 2. The molecule has 2 aliphatic rings. The summed E-state index contributed by atoms with van der Waals surface area (Å²) in [5, 5.41) is 13.6. The summed E-state index contributed by atoms with van der Waals surface area (Å²) in [6.07, 6.45) is -5.52. The highest BCUT2D eigenvalue weighted by molar-refractivity contribution is 6.31. The number of alkyl halides is 5. The van der Waals surface area contributed by atoms with Crippen LogP contribution in [0.3, 0.4) is 0 Å². The Kier molecular flexibility index (Phi) is 10.4. The fourth-order valence-corrected chi connectivity index (χ4v) is 5.99. The zero-order valence-corrected chi connectivity index (χ0v) is 24.7. The number of hydrogen-bond donors (Lipinski definition) is 1. The van der Waals surface area contributed by atoms with Crippen LogP contribution in [-0.4, -0.2) is 78.0 Å². The Morgan fingerprint density at radius 1 is 1.02 bits per heavy atom. The van der Waals surface area contributed by atoms with E-state index in [0.29, 0.717) is 44.0 Å². The molecule has 1 N–H and O–H groups in total. The van der Waals surface area contributed by atoms with E-state index in [2.05, 4.69) is 10.00 Å². The molecule has 3 heterocycles. The standard InChI is InChI=1S/C29H31ClF5N5O2.ClH/c30-20-5-8-23(19-3-6-21(7-4-19)38-14-12-37(13-15-38)11-9-26(31)32)25(16-20)39-10-1-2-22(18-39)40-27(29(33,34)35)24(17-36-40)28(41)42;/h3-8,16-17,22,26H,1-2,9-15,18H2,(H,41,42);1H. The summed E-state index contributed by atoms with van der Waals surface area (Å²) in [6.45, 7) is 4.08. The average molecular weight is 649 g/mol. The first-order valence-electron chi connectivity index (χ1n) is 13.8. The highest BCUT2D eigenvalue weighted by atomic mass is 35.5. The van der Waals surface area contributed by atoms with Gasteiger partial charge >= 0.3 is 12.1 Å². The topological polar surface area (TPSA) is 64.8 Å². The summed E-state index contributed by atoms with van der Waals surface area (Å²) >= 11 is 6.37. The second-order valence-electron chi connectivity index (χ2n) is 10.6. The van der Waals surface area contributed by atoms with Gasteiger partial charge in [0.25, 0.3) is 0 Å². The first kappa shape index (κ1) is 32.8. The number of piperidine rings is 1. The number of rotatable bonds is 8. The lowest BCUT2D eigenvalue weighted by Gasteiger charge is -2.37. The van der Waals surface area contributed by atoms with E-state index in [9.17, 15) is 31.9 Å². The van der Waals surface area contributed by atoms with E-state index in [4.69, 9.17) is 11.6 Å². The Morgan fingerprint density at radius 2 is 1.72 bits per heavy atom. The van der Waals surface area contributed by atoms with Crippen molar-refractivity contribution in [2.75, 3.05) is 55.6 Å². The maximum absolute atomic E-state index is 13.9. The molecule has 0 radical (unpaired) electrons. The molecule has 14 heteroatoms. The number of halogens is 7. The number of hydrogen-bond acceptors (Lipinski definition) is 5. The molecule has 2 aromatic carbocycles. The minimum absolute atomic E-state index is 0. The van der Waals surface area contributed by atoms with Gasteiger partial charge in [0.15, 0.2) is 5.69 Å². The average Bonchev–Trinajstić information content (AvgIpc) is 3.44. The lowest BCUT2D eigenvalue weighted by molar-refractivity contribution is -0.145. The molecular formula is C29H32Cl2F5N5O2. The van der Waals surface area contributed by atoms with E-state index in [0.717, 1.165) is 46.5 Å². The molecule has 0 amide bonds. The zero-order valence-electron chi connectivity index (χ0n) is 23.1. The van der Waals surface area contributed by atoms with Gasteiger partial charge in [-0.05, 0) is 42.7 Å². The molecule has 0 saturated carbocycles. The van der Waals surface area contributed by atoms with Crippen LogP contribution in [0.4, 0.5) is 33.3 Å². The first-order valence-corrected chi connectivity index (χ1v) is 14.2. The minimum atomic E-state index is -4.87.